The van der Waals surface area contributed by atoms with E-state index in [2.05, 4.69) is 13.1 Å². The Balaban J connectivity index is 2.71. The Morgan fingerprint density at radius 3 is 2.64 bits per heavy atom. The van der Waals surface area contributed by atoms with Crippen LogP contribution in [0.25, 0.3) is 0 Å². The third kappa shape index (κ3) is 2.85. The van der Waals surface area contributed by atoms with Gasteiger partial charge in [-0.05, 0) is 23.7 Å². The van der Waals surface area contributed by atoms with E-state index in [-0.39, 0.29) is 5.82 Å². The van der Waals surface area contributed by atoms with E-state index in [1.807, 2.05) is 6.07 Å². The lowest BCUT2D eigenvalue weighted by molar-refractivity contribution is 0.626. The molecule has 0 aliphatic rings. The number of hydrogen-bond acceptors (Lipinski definition) is 0. The van der Waals surface area contributed by atoms with Gasteiger partial charge in [-0.2, -0.15) is 0 Å². The van der Waals surface area contributed by atoms with Crippen molar-refractivity contribution in [3.8, 4) is 0 Å². The fraction of sp³-hybridized carbons (Fsp3) is 0.333. The molecule has 0 saturated heterocycles. The Bertz CT molecular complexity index is 233. The first-order valence-corrected chi connectivity index (χ1v) is 7.05. The number of hydrogen-bond donors (Lipinski definition) is 0. The lowest BCUT2D eigenvalue weighted by atomic mass is 10.2. The van der Waals surface area contributed by atoms with Gasteiger partial charge >= 0.3 is 0 Å². The molecular weight excluding hydrogens is 155 g/mol. The Morgan fingerprint density at radius 1 is 1.36 bits per heavy atom. The molecule has 0 fully saturated rings. The predicted octanol–water partition coefficient (Wildman–Crippen LogP) is 2.39. The fourth-order valence-electron chi connectivity index (χ4n) is 1.14. The normalized spacial score (nSPS) is 10.5. The molecule has 1 rings (SSSR count). The maximum Gasteiger partial charge on any atom is 0.123 e. The van der Waals surface area contributed by atoms with Crippen LogP contribution in [0.15, 0.2) is 24.3 Å². The third-order valence-corrected chi connectivity index (χ3v) is 2.82. The van der Waals surface area contributed by atoms with Gasteiger partial charge in [0.1, 0.15) is 5.82 Å². The van der Waals surface area contributed by atoms with Crippen molar-refractivity contribution in [3.05, 3.63) is 35.6 Å². The molecule has 1 aromatic carbocycles. The summed E-state index contributed by atoms with van der Waals surface area (Å²) >= 11 is 0. The van der Waals surface area contributed by atoms with E-state index in [9.17, 15) is 4.39 Å². The van der Waals surface area contributed by atoms with Crippen LogP contribution in [0.1, 0.15) is 5.56 Å². The second kappa shape index (κ2) is 3.67. The Hall–Kier alpha value is -0.633. The van der Waals surface area contributed by atoms with Crippen molar-refractivity contribution in [3.63, 3.8) is 0 Å². The van der Waals surface area contributed by atoms with Crippen LogP contribution in [0.2, 0.25) is 13.1 Å². The third-order valence-electron chi connectivity index (χ3n) is 1.53. The van der Waals surface area contributed by atoms with Crippen LogP contribution in [0.4, 0.5) is 4.39 Å². The molecule has 0 aromatic heterocycles. The summed E-state index contributed by atoms with van der Waals surface area (Å²) in [4.78, 5) is 0. The number of rotatable bonds is 2. The summed E-state index contributed by atoms with van der Waals surface area (Å²) in [6.45, 7) is 4.54. The molecule has 0 bridgehead atoms. The second-order valence-electron chi connectivity index (χ2n) is 3.23. The van der Waals surface area contributed by atoms with Gasteiger partial charge in [0.25, 0.3) is 0 Å². The minimum Gasteiger partial charge on any atom is -0.207 e. The van der Waals surface area contributed by atoms with E-state index in [1.165, 1.54) is 6.07 Å². The van der Waals surface area contributed by atoms with Crippen molar-refractivity contribution < 1.29 is 4.39 Å². The highest BCUT2D eigenvalue weighted by Crippen LogP contribution is 2.05. The van der Waals surface area contributed by atoms with Crippen LogP contribution < -0.4 is 0 Å². The highest BCUT2D eigenvalue weighted by Gasteiger charge is 1.98. The van der Waals surface area contributed by atoms with Crippen molar-refractivity contribution in [2.75, 3.05) is 0 Å². The van der Waals surface area contributed by atoms with Crippen LogP contribution in [0, 0.1) is 5.82 Å². The largest absolute Gasteiger partial charge is 0.207 e. The first kappa shape index (κ1) is 8.46. The van der Waals surface area contributed by atoms with Crippen LogP contribution in [-0.4, -0.2) is 8.80 Å². The molecule has 0 aliphatic heterocycles. The molecule has 2 heteroatoms. The topological polar surface area (TPSA) is 0 Å². The molecule has 0 nitrogen and oxygen atoms in total. The highest BCUT2D eigenvalue weighted by atomic mass is 28.3. The Kier molecular flexibility index (Phi) is 2.82. The molecule has 0 N–H and O–H groups in total. The smallest absolute Gasteiger partial charge is 0.123 e. The van der Waals surface area contributed by atoms with Crippen molar-refractivity contribution in [1.29, 1.82) is 0 Å². The van der Waals surface area contributed by atoms with Crippen LogP contribution in [0.3, 0.4) is 0 Å². The Morgan fingerprint density at radius 2 is 2.09 bits per heavy atom. The van der Waals surface area contributed by atoms with Gasteiger partial charge in [-0.15, -0.1) is 0 Å². The molecule has 0 heterocycles. The number of benzene rings is 1. The molecule has 0 saturated carbocycles. The van der Waals surface area contributed by atoms with Crippen molar-refractivity contribution in [2.45, 2.75) is 19.1 Å². The molecule has 1 aromatic rings. The summed E-state index contributed by atoms with van der Waals surface area (Å²) in [7, 11) is -0.584. The average molecular weight is 168 g/mol. The zero-order valence-electron chi connectivity index (χ0n) is 6.97. The zero-order chi connectivity index (χ0) is 8.27. The minimum atomic E-state index is -0.584. The summed E-state index contributed by atoms with van der Waals surface area (Å²) in [6.07, 6.45) is 0. The van der Waals surface area contributed by atoms with Crippen LogP contribution in [0.5, 0.6) is 0 Å². The van der Waals surface area contributed by atoms with E-state index in [0.29, 0.717) is 0 Å². The van der Waals surface area contributed by atoms with Gasteiger partial charge in [-0.3, -0.25) is 0 Å². The maximum absolute atomic E-state index is 12.6. The molecule has 60 valence electrons. The van der Waals surface area contributed by atoms with Crippen molar-refractivity contribution in [2.24, 2.45) is 0 Å². The van der Waals surface area contributed by atoms with E-state index >= 15 is 0 Å². The predicted molar refractivity (Wildman–Crippen MR) is 49.0 cm³/mol. The lowest BCUT2D eigenvalue weighted by Crippen LogP contribution is -2.05. The van der Waals surface area contributed by atoms with Crippen molar-refractivity contribution in [1.82, 2.24) is 0 Å². The summed E-state index contributed by atoms with van der Waals surface area (Å²) < 4.78 is 12.6. The van der Waals surface area contributed by atoms with Gasteiger partial charge in [0, 0.05) is 8.80 Å². The van der Waals surface area contributed by atoms with Gasteiger partial charge in [-0.25, -0.2) is 4.39 Å². The molecule has 0 amide bonds. The van der Waals surface area contributed by atoms with Gasteiger partial charge in [0.2, 0.25) is 0 Å². The average Bonchev–Trinajstić information content (AvgIpc) is 1.85. The van der Waals surface area contributed by atoms with E-state index in [1.54, 1.807) is 12.1 Å². The standard InChI is InChI=1S/C9H13FSi/c1-11(2)7-8-4-3-5-9(10)6-8/h3-6,11H,7H2,1-2H3. The molecule has 0 spiro atoms. The highest BCUT2D eigenvalue weighted by molar-refractivity contribution is 6.55. The summed E-state index contributed by atoms with van der Waals surface area (Å²) in [5.41, 5.74) is 1.15. The zero-order valence-corrected chi connectivity index (χ0v) is 8.13. The molecule has 0 radical (unpaired) electrons. The van der Waals surface area contributed by atoms with Crippen LogP contribution in [-0.2, 0) is 6.04 Å². The monoisotopic (exact) mass is 168 g/mol. The maximum atomic E-state index is 12.6. The first-order valence-electron chi connectivity index (χ1n) is 3.93. The fourth-order valence-corrected chi connectivity index (χ4v) is 2.33. The second-order valence-corrected chi connectivity index (χ2v) is 6.42. The molecule has 0 unspecified atom stereocenters. The molecule has 11 heavy (non-hydrogen) atoms. The van der Waals surface area contributed by atoms with E-state index in [0.717, 1.165) is 11.6 Å². The number of halogens is 1. The molecular formula is C9H13FSi. The van der Waals surface area contributed by atoms with Gasteiger partial charge < -0.3 is 0 Å². The van der Waals surface area contributed by atoms with Gasteiger partial charge in [0.15, 0.2) is 0 Å². The van der Waals surface area contributed by atoms with Crippen molar-refractivity contribution >= 4 is 8.80 Å². The van der Waals surface area contributed by atoms with E-state index < -0.39 is 8.80 Å². The summed E-state index contributed by atoms with van der Waals surface area (Å²) in [6, 6.07) is 7.99. The quantitative estimate of drug-likeness (QED) is 0.595. The van der Waals surface area contributed by atoms with Crippen LogP contribution >= 0.6 is 0 Å². The first-order chi connectivity index (χ1) is 5.18. The SMILES string of the molecule is C[SiH](C)Cc1cccc(F)c1. The minimum absolute atomic E-state index is 0.114. The summed E-state index contributed by atoms with van der Waals surface area (Å²) in [5, 5.41) is 0. The molecule has 0 aliphatic carbocycles. The lowest BCUT2D eigenvalue weighted by Gasteiger charge is -2.02. The summed E-state index contributed by atoms with van der Waals surface area (Å²) in [5.74, 6) is -0.114. The van der Waals surface area contributed by atoms with E-state index in [4.69, 9.17) is 0 Å². The van der Waals surface area contributed by atoms with Gasteiger partial charge in [0.05, 0.1) is 0 Å². The molecule has 0 atom stereocenters. The Labute approximate surface area is 68.7 Å². The van der Waals surface area contributed by atoms with Gasteiger partial charge in [-0.1, -0.05) is 25.2 Å².